The summed E-state index contributed by atoms with van der Waals surface area (Å²) in [6.07, 6.45) is 3.16. The van der Waals surface area contributed by atoms with Crippen LogP contribution in [0.3, 0.4) is 0 Å². The quantitative estimate of drug-likeness (QED) is 0.284. The Morgan fingerprint density at radius 3 is 2.50 bits per heavy atom. The number of carbonyl (C=O) groups is 1. The van der Waals surface area contributed by atoms with Gasteiger partial charge < -0.3 is 0 Å². The predicted octanol–water partition coefficient (Wildman–Crippen LogP) is 0.812. The fourth-order valence-electron chi connectivity index (χ4n) is 2.50. The fraction of sp³-hybridized carbons (Fsp3) is 0.467. The topological polar surface area (TPSA) is 81.9 Å². The molecule has 1 aromatic carbocycles. The van der Waals surface area contributed by atoms with E-state index in [4.69, 9.17) is 5.21 Å². The number of aromatic hydroxyl groups is 1. The van der Waals surface area contributed by atoms with Crippen molar-refractivity contribution in [3.8, 4) is 5.75 Å². The van der Waals surface area contributed by atoms with Gasteiger partial charge in [0.2, 0.25) is 0 Å². The molecule has 3 atom stereocenters. The summed E-state index contributed by atoms with van der Waals surface area (Å²) in [5, 5.41) is 24.5. The SMILES string of the molecule is O=C(NC1CCC([SeH])C([SeH])C1)/C(Cc1ccc(O)cc1)=N/O. The van der Waals surface area contributed by atoms with E-state index in [1.165, 1.54) is 0 Å². The second-order valence-corrected chi connectivity index (χ2v) is 8.29. The summed E-state index contributed by atoms with van der Waals surface area (Å²) in [6, 6.07) is 6.62. The number of nitrogens with one attached hydrogen (secondary N) is 1. The standard InChI is InChI=1S/C15H20N2O3Se2/c18-11-4-1-9(2-5-11)7-12(17-20)15(19)16-10-3-6-13(21)14(22)8-10/h1-2,4-5,10,13-14,18,20-22H,3,6-8H2,(H,16,19)/b17-12+. The van der Waals surface area contributed by atoms with E-state index in [2.05, 4.69) is 42.5 Å². The summed E-state index contributed by atoms with van der Waals surface area (Å²) in [5.41, 5.74) is 0.891. The Labute approximate surface area is 146 Å². The van der Waals surface area contributed by atoms with Gasteiger partial charge in [0.15, 0.2) is 0 Å². The first-order valence-electron chi connectivity index (χ1n) is 7.15. The third-order valence-electron chi connectivity index (χ3n) is 3.81. The van der Waals surface area contributed by atoms with Crippen LogP contribution < -0.4 is 5.32 Å². The molecule has 1 saturated carbocycles. The average Bonchev–Trinajstić information content (AvgIpc) is 2.50. The Balaban J connectivity index is 1.93. The number of phenols is 1. The number of oxime groups is 1. The van der Waals surface area contributed by atoms with E-state index in [1.54, 1.807) is 24.3 Å². The van der Waals surface area contributed by atoms with E-state index in [1.807, 2.05) is 0 Å². The maximum absolute atomic E-state index is 12.2. The van der Waals surface area contributed by atoms with Crippen molar-refractivity contribution < 1.29 is 15.1 Å². The predicted molar refractivity (Wildman–Crippen MR) is 88.6 cm³/mol. The zero-order valence-electron chi connectivity index (χ0n) is 12.0. The molecule has 0 saturated heterocycles. The van der Waals surface area contributed by atoms with Crippen LogP contribution in [0.15, 0.2) is 29.4 Å². The Morgan fingerprint density at radius 1 is 1.23 bits per heavy atom. The van der Waals surface area contributed by atoms with Crippen LogP contribution in [0.4, 0.5) is 0 Å². The summed E-state index contributed by atoms with van der Waals surface area (Å²) >= 11 is 5.37. The monoisotopic (exact) mass is 436 g/mol. The molecule has 7 heteroatoms. The van der Waals surface area contributed by atoms with Gasteiger partial charge in [-0.05, 0) is 0 Å². The fourth-order valence-corrected chi connectivity index (χ4v) is 3.91. The summed E-state index contributed by atoms with van der Waals surface area (Å²) in [6.45, 7) is 0. The molecule has 0 spiro atoms. The summed E-state index contributed by atoms with van der Waals surface area (Å²) in [5.74, 6) is -0.165. The molecule has 1 fully saturated rings. The number of hydrogen-bond acceptors (Lipinski definition) is 4. The minimum atomic E-state index is -0.329. The van der Waals surface area contributed by atoms with Crippen molar-refractivity contribution in [2.24, 2.45) is 5.16 Å². The Bertz CT molecular complexity index is 548. The molecule has 3 N–H and O–H groups in total. The van der Waals surface area contributed by atoms with Crippen molar-refractivity contribution in [1.82, 2.24) is 5.32 Å². The summed E-state index contributed by atoms with van der Waals surface area (Å²) in [7, 11) is 0. The van der Waals surface area contributed by atoms with Crippen molar-refractivity contribution in [2.75, 3.05) is 0 Å². The Hall–Kier alpha value is -1.00. The second-order valence-electron chi connectivity index (χ2n) is 5.51. The molecule has 3 unspecified atom stereocenters. The van der Waals surface area contributed by atoms with E-state index in [-0.39, 0.29) is 29.8 Å². The molecule has 5 nitrogen and oxygen atoms in total. The van der Waals surface area contributed by atoms with Gasteiger partial charge in [-0.3, -0.25) is 0 Å². The van der Waals surface area contributed by atoms with E-state index < -0.39 is 0 Å². The van der Waals surface area contributed by atoms with Gasteiger partial charge >= 0.3 is 146 Å². The summed E-state index contributed by atoms with van der Waals surface area (Å²) in [4.78, 5) is 13.3. The van der Waals surface area contributed by atoms with Gasteiger partial charge in [-0.25, -0.2) is 0 Å². The molecular formula is C15H20N2O3Se2. The molecular weight excluding hydrogens is 414 g/mol. The Kier molecular flexibility index (Phi) is 6.33. The molecule has 0 aromatic heterocycles. The first-order valence-corrected chi connectivity index (χ1v) is 9.32. The molecule has 1 aliphatic rings. The third kappa shape index (κ3) is 4.75. The van der Waals surface area contributed by atoms with Gasteiger partial charge in [-0.15, -0.1) is 0 Å². The number of nitrogens with zero attached hydrogens (tertiary/aromatic N) is 1. The number of carbonyl (C=O) groups excluding carboxylic acids is 1. The first-order chi connectivity index (χ1) is 10.5. The molecule has 1 amide bonds. The van der Waals surface area contributed by atoms with Crippen molar-refractivity contribution >= 4 is 43.6 Å². The Morgan fingerprint density at radius 2 is 1.91 bits per heavy atom. The van der Waals surface area contributed by atoms with Gasteiger partial charge in [0, 0.05) is 0 Å². The van der Waals surface area contributed by atoms with E-state index >= 15 is 0 Å². The van der Waals surface area contributed by atoms with Crippen LogP contribution in [0.1, 0.15) is 24.8 Å². The van der Waals surface area contributed by atoms with Crippen LogP contribution in [0.25, 0.3) is 0 Å². The van der Waals surface area contributed by atoms with Crippen molar-refractivity contribution in [3.63, 3.8) is 0 Å². The van der Waals surface area contributed by atoms with Gasteiger partial charge in [0.1, 0.15) is 0 Å². The number of benzene rings is 1. The molecule has 0 heterocycles. The molecule has 22 heavy (non-hydrogen) atoms. The van der Waals surface area contributed by atoms with E-state index in [0.29, 0.717) is 9.63 Å². The van der Waals surface area contributed by atoms with Crippen molar-refractivity contribution in [1.29, 1.82) is 0 Å². The molecule has 0 aliphatic heterocycles. The molecule has 1 aliphatic carbocycles. The number of hydrogen-bond donors (Lipinski definition) is 3. The molecule has 2 rings (SSSR count). The molecule has 120 valence electrons. The number of rotatable bonds is 4. The van der Waals surface area contributed by atoms with E-state index in [9.17, 15) is 9.90 Å². The van der Waals surface area contributed by atoms with Gasteiger partial charge in [0.25, 0.3) is 0 Å². The van der Waals surface area contributed by atoms with Gasteiger partial charge in [-0.1, -0.05) is 0 Å². The molecule has 0 radical (unpaired) electrons. The van der Waals surface area contributed by atoms with E-state index in [0.717, 1.165) is 24.8 Å². The normalized spacial score (nSPS) is 25.7. The minimum absolute atomic E-state index is 0.0854. The second kappa shape index (κ2) is 8.02. The van der Waals surface area contributed by atoms with Crippen LogP contribution in [0.5, 0.6) is 5.75 Å². The molecule has 0 bridgehead atoms. The maximum atomic E-state index is 12.2. The average molecular weight is 434 g/mol. The number of phenolic OH excluding ortho intramolecular Hbond substituents is 1. The van der Waals surface area contributed by atoms with Crippen LogP contribution >= 0.6 is 0 Å². The zero-order valence-corrected chi connectivity index (χ0v) is 15.8. The van der Waals surface area contributed by atoms with Crippen LogP contribution in [0, 0.1) is 0 Å². The van der Waals surface area contributed by atoms with Gasteiger partial charge in [0.05, 0.1) is 0 Å². The van der Waals surface area contributed by atoms with Gasteiger partial charge in [-0.2, -0.15) is 0 Å². The molecule has 1 aromatic rings. The third-order valence-corrected chi connectivity index (χ3v) is 7.41. The van der Waals surface area contributed by atoms with Crippen molar-refractivity contribution in [2.45, 2.75) is 41.4 Å². The van der Waals surface area contributed by atoms with Crippen LogP contribution in [0.2, 0.25) is 9.63 Å². The van der Waals surface area contributed by atoms with Crippen LogP contribution in [-0.2, 0) is 11.2 Å². The van der Waals surface area contributed by atoms with Crippen molar-refractivity contribution in [3.05, 3.63) is 29.8 Å². The number of amides is 1. The first kappa shape index (κ1) is 17.4. The zero-order chi connectivity index (χ0) is 16.1. The van der Waals surface area contributed by atoms with Crippen LogP contribution in [-0.4, -0.2) is 60.0 Å². The summed E-state index contributed by atoms with van der Waals surface area (Å²) < 4.78 is 0.